The number of fused-ring (bicyclic) bond motifs is 5. The molecule has 0 aliphatic carbocycles. The van der Waals surface area contributed by atoms with Gasteiger partial charge in [0, 0.05) is 17.1 Å². The Bertz CT molecular complexity index is 2580. The predicted molar refractivity (Wildman–Crippen MR) is 202 cm³/mol. The largest absolute Gasteiger partial charge is 0.310 e. The van der Waals surface area contributed by atoms with Crippen molar-refractivity contribution in [1.82, 2.24) is 0 Å². The second kappa shape index (κ2) is 11.3. The van der Waals surface area contributed by atoms with Crippen LogP contribution in [-0.4, -0.2) is 0 Å². The third kappa shape index (κ3) is 4.99. The van der Waals surface area contributed by atoms with Gasteiger partial charge in [-0.1, -0.05) is 140 Å². The quantitative estimate of drug-likeness (QED) is 0.178. The van der Waals surface area contributed by atoms with Crippen molar-refractivity contribution in [2.24, 2.45) is 0 Å². The first-order chi connectivity index (χ1) is 23.3. The second-order valence-corrected chi connectivity index (χ2v) is 12.2. The molecule has 0 saturated heterocycles. The minimum Gasteiger partial charge on any atom is -0.310 e. The van der Waals surface area contributed by atoms with Crippen LogP contribution >= 0.6 is 0 Å². The van der Waals surface area contributed by atoms with Gasteiger partial charge in [-0.15, -0.1) is 0 Å². The van der Waals surface area contributed by atoms with Crippen LogP contribution in [0, 0.1) is 0 Å². The van der Waals surface area contributed by atoms with E-state index >= 15 is 0 Å². The fraction of sp³-hybridized carbons (Fsp3) is 0. The molecule has 0 fully saturated rings. The minimum absolute atomic E-state index is 1.12. The molecule has 47 heavy (non-hydrogen) atoms. The molecule has 0 spiro atoms. The SMILES string of the molecule is c1cc(-c2ccc3ccccc3c2)cc(N(c2ccc(-c3ccc4ccccc4c3)cc2)c2ccc3ccc4ccccc4c3c2)c1. The van der Waals surface area contributed by atoms with E-state index in [1.807, 2.05) is 0 Å². The molecule has 0 bridgehead atoms. The van der Waals surface area contributed by atoms with Crippen molar-refractivity contribution in [1.29, 1.82) is 0 Å². The van der Waals surface area contributed by atoms with E-state index in [1.54, 1.807) is 0 Å². The maximum atomic E-state index is 2.38. The van der Waals surface area contributed by atoms with Crippen LogP contribution in [0.5, 0.6) is 0 Å². The summed E-state index contributed by atoms with van der Waals surface area (Å²) in [6.45, 7) is 0. The maximum absolute atomic E-state index is 2.38. The lowest BCUT2D eigenvalue weighted by Gasteiger charge is -2.27. The molecule has 9 aromatic carbocycles. The Morgan fingerprint density at radius 1 is 0.234 bits per heavy atom. The molecule has 0 aromatic heterocycles. The van der Waals surface area contributed by atoms with Gasteiger partial charge < -0.3 is 4.90 Å². The number of hydrogen-bond donors (Lipinski definition) is 0. The van der Waals surface area contributed by atoms with E-state index in [-0.39, 0.29) is 0 Å². The standard InChI is InChI=1S/C46H31N/c1-3-11-37-28-40(20-16-32(37)8-1)34-22-25-42(26-23-34)47(44-27-24-36-19-18-35-10-5-6-15-45(35)46(36)31-44)43-14-7-13-39(30-43)41-21-17-33-9-2-4-12-38(33)29-41/h1-31H. The molecule has 0 amide bonds. The highest BCUT2D eigenvalue weighted by atomic mass is 15.1. The number of anilines is 3. The lowest BCUT2D eigenvalue weighted by Crippen LogP contribution is -2.10. The number of rotatable bonds is 5. The molecular weight excluding hydrogens is 567 g/mol. The van der Waals surface area contributed by atoms with Gasteiger partial charge in [0.05, 0.1) is 0 Å². The average Bonchev–Trinajstić information content (AvgIpc) is 3.15. The van der Waals surface area contributed by atoms with Gasteiger partial charge in [0.2, 0.25) is 0 Å². The highest BCUT2D eigenvalue weighted by Gasteiger charge is 2.15. The molecule has 0 unspecified atom stereocenters. The lowest BCUT2D eigenvalue weighted by molar-refractivity contribution is 1.29. The van der Waals surface area contributed by atoms with Crippen LogP contribution in [0.4, 0.5) is 17.1 Å². The Morgan fingerprint density at radius 3 is 1.40 bits per heavy atom. The monoisotopic (exact) mass is 597 g/mol. The smallest absolute Gasteiger partial charge is 0.0468 e. The van der Waals surface area contributed by atoms with Crippen molar-refractivity contribution in [3.8, 4) is 22.3 Å². The summed E-state index contributed by atoms with van der Waals surface area (Å²) in [6.07, 6.45) is 0. The van der Waals surface area contributed by atoms with Crippen molar-refractivity contribution in [2.75, 3.05) is 4.90 Å². The van der Waals surface area contributed by atoms with Gasteiger partial charge >= 0.3 is 0 Å². The van der Waals surface area contributed by atoms with Gasteiger partial charge in [0.1, 0.15) is 0 Å². The number of nitrogens with zero attached hydrogens (tertiary/aromatic N) is 1. The fourth-order valence-corrected chi connectivity index (χ4v) is 6.94. The Balaban J connectivity index is 1.19. The first-order valence-electron chi connectivity index (χ1n) is 16.2. The van der Waals surface area contributed by atoms with Crippen LogP contribution in [0.2, 0.25) is 0 Å². The molecule has 1 heteroatoms. The molecule has 1 nitrogen and oxygen atoms in total. The van der Waals surface area contributed by atoms with Crippen LogP contribution < -0.4 is 4.90 Å². The molecule has 220 valence electrons. The summed E-state index contributed by atoms with van der Waals surface area (Å²) >= 11 is 0. The van der Waals surface area contributed by atoms with Crippen LogP contribution in [0.1, 0.15) is 0 Å². The summed E-state index contributed by atoms with van der Waals surface area (Å²) < 4.78 is 0. The third-order valence-electron chi connectivity index (χ3n) is 9.38. The Hall–Kier alpha value is -6.18. The molecule has 0 saturated carbocycles. The van der Waals surface area contributed by atoms with Crippen LogP contribution in [0.3, 0.4) is 0 Å². The minimum atomic E-state index is 1.12. The summed E-state index contributed by atoms with van der Waals surface area (Å²) in [4.78, 5) is 2.38. The summed E-state index contributed by atoms with van der Waals surface area (Å²) in [7, 11) is 0. The average molecular weight is 598 g/mol. The van der Waals surface area contributed by atoms with Gasteiger partial charge in [-0.25, -0.2) is 0 Å². The zero-order valence-electron chi connectivity index (χ0n) is 25.8. The van der Waals surface area contributed by atoms with E-state index in [4.69, 9.17) is 0 Å². The molecule has 0 N–H and O–H groups in total. The van der Waals surface area contributed by atoms with Crippen molar-refractivity contribution < 1.29 is 0 Å². The summed E-state index contributed by atoms with van der Waals surface area (Å²) in [6, 6.07) is 68.4. The molecule has 0 aliphatic heterocycles. The van der Waals surface area contributed by atoms with Gasteiger partial charge in [-0.2, -0.15) is 0 Å². The first-order valence-corrected chi connectivity index (χ1v) is 16.2. The van der Waals surface area contributed by atoms with E-state index in [0.29, 0.717) is 0 Å². The van der Waals surface area contributed by atoms with Crippen molar-refractivity contribution in [3.63, 3.8) is 0 Å². The van der Waals surface area contributed by atoms with E-state index in [9.17, 15) is 0 Å². The lowest BCUT2D eigenvalue weighted by atomic mass is 9.99. The number of benzene rings is 9. The summed E-state index contributed by atoms with van der Waals surface area (Å²) in [5, 5.41) is 10.0. The van der Waals surface area contributed by atoms with E-state index in [1.165, 1.54) is 65.3 Å². The van der Waals surface area contributed by atoms with Crippen LogP contribution in [0.25, 0.3) is 65.3 Å². The van der Waals surface area contributed by atoms with E-state index in [2.05, 4.69) is 193 Å². The molecular formula is C46H31N. The fourth-order valence-electron chi connectivity index (χ4n) is 6.94. The Labute approximate surface area is 274 Å². The Morgan fingerprint density at radius 2 is 0.702 bits per heavy atom. The topological polar surface area (TPSA) is 3.24 Å². The molecule has 0 atom stereocenters. The highest BCUT2D eigenvalue weighted by molar-refractivity contribution is 6.09. The maximum Gasteiger partial charge on any atom is 0.0468 e. The zero-order valence-corrected chi connectivity index (χ0v) is 25.8. The molecule has 0 radical (unpaired) electrons. The highest BCUT2D eigenvalue weighted by Crippen LogP contribution is 2.40. The number of hydrogen-bond acceptors (Lipinski definition) is 1. The van der Waals surface area contributed by atoms with Crippen molar-refractivity contribution in [3.05, 3.63) is 188 Å². The molecule has 0 aliphatic rings. The van der Waals surface area contributed by atoms with Crippen molar-refractivity contribution >= 4 is 60.2 Å². The van der Waals surface area contributed by atoms with Gasteiger partial charge in [-0.3, -0.25) is 0 Å². The van der Waals surface area contributed by atoms with E-state index < -0.39 is 0 Å². The predicted octanol–water partition coefficient (Wildman–Crippen LogP) is 13.1. The second-order valence-electron chi connectivity index (χ2n) is 12.2. The summed E-state index contributed by atoms with van der Waals surface area (Å²) in [5.74, 6) is 0. The first kappa shape index (κ1) is 27.2. The summed E-state index contributed by atoms with van der Waals surface area (Å²) in [5.41, 5.74) is 8.19. The molecule has 9 rings (SSSR count). The van der Waals surface area contributed by atoms with Crippen LogP contribution in [-0.2, 0) is 0 Å². The normalized spacial score (nSPS) is 11.4. The third-order valence-corrected chi connectivity index (χ3v) is 9.38. The van der Waals surface area contributed by atoms with E-state index in [0.717, 1.165) is 17.1 Å². The van der Waals surface area contributed by atoms with Gasteiger partial charge in [0.25, 0.3) is 0 Å². The van der Waals surface area contributed by atoms with Crippen molar-refractivity contribution in [2.45, 2.75) is 0 Å². The molecule has 9 aromatic rings. The molecule has 0 heterocycles. The van der Waals surface area contributed by atoms with Gasteiger partial charge in [-0.05, 0) is 114 Å². The zero-order chi connectivity index (χ0) is 31.2. The van der Waals surface area contributed by atoms with Crippen LogP contribution in [0.15, 0.2) is 188 Å². The Kier molecular flexibility index (Phi) is 6.54. The van der Waals surface area contributed by atoms with Gasteiger partial charge in [0.15, 0.2) is 0 Å².